The minimum atomic E-state index is 0.0421. The van der Waals surface area contributed by atoms with E-state index in [0.29, 0.717) is 11.1 Å². The van der Waals surface area contributed by atoms with Gasteiger partial charge in [0, 0.05) is 11.5 Å². The van der Waals surface area contributed by atoms with E-state index < -0.39 is 0 Å². The van der Waals surface area contributed by atoms with Crippen molar-refractivity contribution in [3.8, 4) is 0 Å². The molecule has 0 radical (unpaired) electrons. The highest BCUT2D eigenvalue weighted by molar-refractivity contribution is 6.30. The van der Waals surface area contributed by atoms with Crippen LogP contribution in [0.3, 0.4) is 0 Å². The Kier molecular flexibility index (Phi) is 3.42. The van der Waals surface area contributed by atoms with Crippen molar-refractivity contribution in [3.05, 3.63) is 40.2 Å². The highest BCUT2D eigenvalue weighted by Gasteiger charge is 2.28. The highest BCUT2D eigenvalue weighted by Crippen LogP contribution is 2.39. The van der Waals surface area contributed by atoms with Gasteiger partial charge in [0.1, 0.15) is 28.3 Å². The summed E-state index contributed by atoms with van der Waals surface area (Å²) in [7, 11) is 0. The highest BCUT2D eigenvalue weighted by atomic mass is 35.5. The maximum absolute atomic E-state index is 6.21. The standard InChI is InChI=1S/C15H18ClN3O/c1-8-4-7-12(20-8)10(3)17-14-9(2)13(16)18-15(19-14)11-5-6-11/h4,7,10-11H,5-6H2,1-3H3,(H,17,18,19). The molecule has 2 aromatic heterocycles. The molecular weight excluding hydrogens is 274 g/mol. The molecule has 4 nitrogen and oxygen atoms in total. The van der Waals surface area contributed by atoms with Crippen LogP contribution in [0.25, 0.3) is 0 Å². The molecular formula is C15H18ClN3O. The number of anilines is 1. The maximum Gasteiger partial charge on any atom is 0.137 e. The van der Waals surface area contributed by atoms with Gasteiger partial charge in [-0.3, -0.25) is 0 Å². The van der Waals surface area contributed by atoms with Gasteiger partial charge in [0.15, 0.2) is 0 Å². The second-order valence-corrected chi connectivity index (χ2v) is 5.79. The molecule has 5 heteroatoms. The number of hydrogen-bond donors (Lipinski definition) is 1. The average molecular weight is 292 g/mol. The molecule has 0 aromatic carbocycles. The molecule has 0 spiro atoms. The van der Waals surface area contributed by atoms with Crippen molar-refractivity contribution < 1.29 is 4.42 Å². The number of halogens is 1. The molecule has 106 valence electrons. The van der Waals surface area contributed by atoms with Gasteiger partial charge in [-0.15, -0.1) is 0 Å². The lowest BCUT2D eigenvalue weighted by molar-refractivity contribution is 0.466. The topological polar surface area (TPSA) is 51.0 Å². The van der Waals surface area contributed by atoms with Gasteiger partial charge in [-0.2, -0.15) is 0 Å². The van der Waals surface area contributed by atoms with Crippen LogP contribution in [0.1, 0.15) is 54.6 Å². The van der Waals surface area contributed by atoms with Crippen LogP contribution < -0.4 is 5.32 Å². The Hall–Kier alpha value is -1.55. The molecule has 1 aliphatic carbocycles. The van der Waals surface area contributed by atoms with Crippen molar-refractivity contribution in [2.45, 2.75) is 45.6 Å². The first-order valence-electron chi connectivity index (χ1n) is 6.91. The first-order valence-corrected chi connectivity index (χ1v) is 7.29. The van der Waals surface area contributed by atoms with E-state index in [4.69, 9.17) is 16.0 Å². The Morgan fingerprint density at radius 3 is 2.65 bits per heavy atom. The number of nitrogens with zero attached hydrogens (tertiary/aromatic N) is 2. The van der Waals surface area contributed by atoms with Crippen molar-refractivity contribution in [2.24, 2.45) is 0 Å². The minimum Gasteiger partial charge on any atom is -0.464 e. The summed E-state index contributed by atoms with van der Waals surface area (Å²) in [5.41, 5.74) is 0.881. The molecule has 0 amide bonds. The first kappa shape index (κ1) is 13.4. The van der Waals surface area contributed by atoms with E-state index in [0.717, 1.165) is 41.6 Å². The fraction of sp³-hybridized carbons (Fsp3) is 0.467. The Bertz CT molecular complexity index is 634. The monoisotopic (exact) mass is 291 g/mol. The number of nitrogens with one attached hydrogen (secondary N) is 1. The normalized spacial score (nSPS) is 16.2. The van der Waals surface area contributed by atoms with E-state index in [1.165, 1.54) is 0 Å². The van der Waals surface area contributed by atoms with E-state index in [9.17, 15) is 0 Å². The molecule has 1 N–H and O–H groups in total. The molecule has 2 heterocycles. The molecule has 2 aromatic rings. The van der Waals surface area contributed by atoms with E-state index in [1.54, 1.807) is 0 Å². The summed E-state index contributed by atoms with van der Waals surface area (Å²) in [6, 6.07) is 3.98. The molecule has 20 heavy (non-hydrogen) atoms. The molecule has 0 aliphatic heterocycles. The second kappa shape index (κ2) is 5.09. The van der Waals surface area contributed by atoms with Crippen LogP contribution in [0.15, 0.2) is 16.5 Å². The third-order valence-electron chi connectivity index (χ3n) is 3.59. The zero-order valence-electron chi connectivity index (χ0n) is 11.9. The molecule has 1 fully saturated rings. The largest absolute Gasteiger partial charge is 0.464 e. The van der Waals surface area contributed by atoms with Crippen molar-refractivity contribution in [1.29, 1.82) is 0 Å². The van der Waals surface area contributed by atoms with Crippen LogP contribution in [0.2, 0.25) is 5.15 Å². The second-order valence-electron chi connectivity index (χ2n) is 5.43. The van der Waals surface area contributed by atoms with Gasteiger partial charge in [0.25, 0.3) is 0 Å². The van der Waals surface area contributed by atoms with Crippen LogP contribution in [0.5, 0.6) is 0 Å². The lowest BCUT2D eigenvalue weighted by Crippen LogP contribution is -2.10. The van der Waals surface area contributed by atoms with E-state index in [2.05, 4.69) is 15.3 Å². The van der Waals surface area contributed by atoms with Crippen molar-refractivity contribution >= 4 is 17.4 Å². The third kappa shape index (κ3) is 2.66. The molecule has 0 bridgehead atoms. The van der Waals surface area contributed by atoms with Crippen molar-refractivity contribution in [1.82, 2.24) is 9.97 Å². The third-order valence-corrected chi connectivity index (χ3v) is 3.96. The van der Waals surface area contributed by atoms with E-state index >= 15 is 0 Å². The van der Waals surface area contributed by atoms with E-state index in [1.807, 2.05) is 32.9 Å². The van der Waals surface area contributed by atoms with Crippen LogP contribution >= 0.6 is 11.6 Å². The maximum atomic E-state index is 6.21. The fourth-order valence-electron chi connectivity index (χ4n) is 2.13. The predicted molar refractivity (Wildman–Crippen MR) is 79.2 cm³/mol. The van der Waals surface area contributed by atoms with Gasteiger partial charge in [-0.05, 0) is 45.7 Å². The smallest absolute Gasteiger partial charge is 0.137 e. The summed E-state index contributed by atoms with van der Waals surface area (Å²) in [5, 5.41) is 3.91. The molecule has 1 aliphatic rings. The Balaban J connectivity index is 1.85. The zero-order valence-corrected chi connectivity index (χ0v) is 12.7. The minimum absolute atomic E-state index is 0.0421. The quantitative estimate of drug-likeness (QED) is 0.849. The summed E-state index contributed by atoms with van der Waals surface area (Å²) >= 11 is 6.21. The Labute approximate surface area is 123 Å². The van der Waals surface area contributed by atoms with Crippen LogP contribution in [-0.4, -0.2) is 9.97 Å². The lowest BCUT2D eigenvalue weighted by Gasteiger charge is -2.15. The molecule has 1 unspecified atom stereocenters. The zero-order chi connectivity index (χ0) is 14.3. The molecule has 1 atom stereocenters. The van der Waals surface area contributed by atoms with Crippen molar-refractivity contribution in [3.63, 3.8) is 0 Å². The lowest BCUT2D eigenvalue weighted by atomic mass is 10.2. The van der Waals surface area contributed by atoms with Crippen molar-refractivity contribution in [2.75, 3.05) is 5.32 Å². The van der Waals surface area contributed by atoms with E-state index in [-0.39, 0.29) is 6.04 Å². The van der Waals surface area contributed by atoms with Gasteiger partial charge in [-0.1, -0.05) is 11.6 Å². The first-order chi connectivity index (χ1) is 9.54. The fourth-order valence-corrected chi connectivity index (χ4v) is 2.31. The molecule has 0 saturated heterocycles. The predicted octanol–water partition coefficient (Wildman–Crippen LogP) is 4.39. The summed E-state index contributed by atoms with van der Waals surface area (Å²) in [6.07, 6.45) is 2.32. The summed E-state index contributed by atoms with van der Waals surface area (Å²) in [5.74, 6) is 3.93. The summed E-state index contributed by atoms with van der Waals surface area (Å²) < 4.78 is 5.64. The van der Waals surface area contributed by atoms with Gasteiger partial charge in [0.2, 0.25) is 0 Å². The molecule has 1 saturated carbocycles. The van der Waals surface area contributed by atoms with Gasteiger partial charge >= 0.3 is 0 Å². The Morgan fingerprint density at radius 1 is 1.30 bits per heavy atom. The number of aromatic nitrogens is 2. The van der Waals surface area contributed by atoms with Gasteiger partial charge in [-0.25, -0.2) is 9.97 Å². The van der Waals surface area contributed by atoms with Gasteiger partial charge in [0.05, 0.1) is 6.04 Å². The SMILES string of the molecule is Cc1ccc(C(C)Nc2nc(C3CC3)nc(Cl)c2C)o1. The number of rotatable bonds is 4. The Morgan fingerprint density at radius 2 is 2.05 bits per heavy atom. The van der Waals surface area contributed by atoms with Crippen LogP contribution in [0.4, 0.5) is 5.82 Å². The number of hydrogen-bond acceptors (Lipinski definition) is 4. The molecule has 3 rings (SSSR count). The van der Waals surface area contributed by atoms with Gasteiger partial charge < -0.3 is 9.73 Å². The number of furan rings is 1. The average Bonchev–Trinajstić information content (AvgIpc) is 3.16. The number of aryl methyl sites for hydroxylation is 1. The summed E-state index contributed by atoms with van der Waals surface area (Å²) in [4.78, 5) is 8.99. The van der Waals surface area contributed by atoms with Crippen LogP contribution in [0, 0.1) is 13.8 Å². The van der Waals surface area contributed by atoms with Crippen LogP contribution in [-0.2, 0) is 0 Å². The summed E-state index contributed by atoms with van der Waals surface area (Å²) in [6.45, 7) is 5.92.